The summed E-state index contributed by atoms with van der Waals surface area (Å²) in [4.78, 5) is 12.4. The van der Waals surface area contributed by atoms with Crippen LogP contribution >= 0.6 is 0 Å². The van der Waals surface area contributed by atoms with Crippen molar-refractivity contribution in [2.24, 2.45) is 0 Å². The van der Waals surface area contributed by atoms with Gasteiger partial charge in [0.1, 0.15) is 6.10 Å². The Morgan fingerprint density at radius 3 is 1.02 bits per heavy atom. The molecule has 0 aliphatic rings. The highest BCUT2D eigenvalue weighted by molar-refractivity contribution is 5.80. The van der Waals surface area contributed by atoms with E-state index in [9.17, 15) is 20.1 Å². The summed E-state index contributed by atoms with van der Waals surface area (Å²) in [5.74, 6) is -0.471. The Bertz CT molecular complexity index is 572. The van der Waals surface area contributed by atoms with E-state index in [1.807, 2.05) is 0 Å². The summed E-state index contributed by atoms with van der Waals surface area (Å²) < 4.78 is 0. The number of carbonyl (C=O) groups excluding carboxylic acids is 1. The van der Waals surface area contributed by atoms with E-state index in [2.05, 4.69) is 19.2 Å². The summed E-state index contributed by atoms with van der Waals surface area (Å²) in [6.45, 7) is 4.21. The minimum absolute atomic E-state index is 0.309. The molecule has 0 spiro atoms. The predicted octanol–water partition coefficient (Wildman–Crippen LogP) is 10.7. The van der Waals surface area contributed by atoms with Crippen LogP contribution in [0.15, 0.2) is 0 Å². The first-order valence-electron chi connectivity index (χ1n) is 19.8. The average molecular weight is 626 g/mol. The lowest BCUT2D eigenvalue weighted by atomic mass is 10.0. The molecule has 44 heavy (non-hydrogen) atoms. The summed E-state index contributed by atoms with van der Waals surface area (Å²) in [6, 6.07) is -0.703. The second-order valence-electron chi connectivity index (χ2n) is 13.9. The number of unbranched alkanes of at least 4 members (excludes halogenated alkanes) is 28. The van der Waals surface area contributed by atoms with Gasteiger partial charge in [0.2, 0.25) is 5.91 Å². The van der Waals surface area contributed by atoms with Crippen molar-refractivity contribution < 1.29 is 20.1 Å². The average Bonchev–Trinajstić information content (AvgIpc) is 3.03. The third-order valence-electron chi connectivity index (χ3n) is 9.48. The van der Waals surface area contributed by atoms with Gasteiger partial charge in [-0.05, 0) is 12.8 Å². The second kappa shape index (κ2) is 35.2. The van der Waals surface area contributed by atoms with Crippen LogP contribution in [0.5, 0.6) is 0 Å². The van der Waals surface area contributed by atoms with Crippen LogP contribution in [-0.4, -0.2) is 46.1 Å². The molecule has 0 heterocycles. The summed E-state index contributed by atoms with van der Waals surface area (Å²) in [5, 5.41) is 33.1. The molecule has 0 radical (unpaired) electrons. The lowest BCUT2D eigenvalue weighted by molar-refractivity contribution is -0.131. The molecular weight excluding hydrogens is 546 g/mol. The maximum absolute atomic E-state index is 12.4. The van der Waals surface area contributed by atoms with Crippen LogP contribution in [0.3, 0.4) is 0 Å². The molecule has 0 aromatic heterocycles. The molecule has 0 bridgehead atoms. The van der Waals surface area contributed by atoms with Crippen molar-refractivity contribution in [2.45, 2.75) is 238 Å². The Hall–Kier alpha value is -0.650. The largest absolute Gasteiger partial charge is 0.394 e. The van der Waals surface area contributed by atoms with E-state index < -0.39 is 24.2 Å². The van der Waals surface area contributed by atoms with Gasteiger partial charge in [0.25, 0.3) is 0 Å². The van der Waals surface area contributed by atoms with Crippen molar-refractivity contribution in [3.63, 3.8) is 0 Å². The van der Waals surface area contributed by atoms with Gasteiger partial charge >= 0.3 is 0 Å². The zero-order valence-electron chi connectivity index (χ0n) is 29.8. The minimum Gasteiger partial charge on any atom is -0.394 e. The summed E-state index contributed by atoms with van der Waals surface area (Å²) >= 11 is 0. The zero-order chi connectivity index (χ0) is 32.4. The molecule has 0 saturated carbocycles. The molecule has 3 atom stereocenters. The van der Waals surface area contributed by atoms with Crippen LogP contribution in [0.25, 0.3) is 0 Å². The topological polar surface area (TPSA) is 89.8 Å². The molecule has 3 unspecified atom stereocenters. The molecule has 1 amide bonds. The van der Waals surface area contributed by atoms with E-state index in [4.69, 9.17) is 0 Å². The predicted molar refractivity (Wildman–Crippen MR) is 190 cm³/mol. The fraction of sp³-hybridized carbons (Fsp3) is 0.974. The SMILES string of the molecule is CCCCCCCCCCCCCCCCCCCCCCCC(O)C(CO)NC(=O)C(O)CCCCCCCCCCC. The lowest BCUT2D eigenvalue weighted by Crippen LogP contribution is -2.49. The van der Waals surface area contributed by atoms with Crippen molar-refractivity contribution in [1.82, 2.24) is 5.32 Å². The first-order chi connectivity index (χ1) is 21.6. The maximum atomic E-state index is 12.4. The van der Waals surface area contributed by atoms with E-state index in [1.54, 1.807) is 0 Å². The fourth-order valence-corrected chi connectivity index (χ4v) is 6.31. The number of rotatable bonds is 36. The first kappa shape index (κ1) is 43.4. The highest BCUT2D eigenvalue weighted by atomic mass is 16.3. The zero-order valence-corrected chi connectivity index (χ0v) is 29.8. The van der Waals surface area contributed by atoms with Crippen LogP contribution in [-0.2, 0) is 4.79 Å². The van der Waals surface area contributed by atoms with Crippen LogP contribution < -0.4 is 5.32 Å². The Morgan fingerprint density at radius 2 is 0.727 bits per heavy atom. The van der Waals surface area contributed by atoms with E-state index in [0.717, 1.165) is 32.1 Å². The second-order valence-corrected chi connectivity index (χ2v) is 13.9. The summed E-state index contributed by atoms with van der Waals surface area (Å²) in [7, 11) is 0. The van der Waals surface area contributed by atoms with E-state index in [0.29, 0.717) is 12.8 Å². The normalized spacial score (nSPS) is 13.7. The van der Waals surface area contributed by atoms with Gasteiger partial charge < -0.3 is 20.6 Å². The molecule has 4 N–H and O–H groups in total. The van der Waals surface area contributed by atoms with Gasteiger partial charge in [0.05, 0.1) is 18.8 Å². The highest BCUT2D eigenvalue weighted by Gasteiger charge is 2.23. The van der Waals surface area contributed by atoms with Crippen LogP contribution in [0.4, 0.5) is 0 Å². The summed E-state index contributed by atoms with van der Waals surface area (Å²) in [5.41, 5.74) is 0. The van der Waals surface area contributed by atoms with Crippen molar-refractivity contribution >= 4 is 5.91 Å². The van der Waals surface area contributed by atoms with Gasteiger partial charge in [-0.2, -0.15) is 0 Å². The van der Waals surface area contributed by atoms with Gasteiger partial charge in [0, 0.05) is 0 Å². The Kier molecular flexibility index (Phi) is 34.7. The van der Waals surface area contributed by atoms with E-state index >= 15 is 0 Å². The van der Waals surface area contributed by atoms with E-state index in [-0.39, 0.29) is 6.61 Å². The molecule has 0 fully saturated rings. The number of nitrogens with one attached hydrogen (secondary N) is 1. The van der Waals surface area contributed by atoms with Crippen LogP contribution in [0, 0.1) is 0 Å². The molecule has 0 aromatic rings. The van der Waals surface area contributed by atoms with Gasteiger partial charge in [-0.25, -0.2) is 0 Å². The fourth-order valence-electron chi connectivity index (χ4n) is 6.31. The highest BCUT2D eigenvalue weighted by Crippen LogP contribution is 2.16. The Balaban J connectivity index is 3.56. The first-order valence-corrected chi connectivity index (χ1v) is 19.8. The lowest BCUT2D eigenvalue weighted by Gasteiger charge is -2.23. The Morgan fingerprint density at radius 1 is 0.455 bits per heavy atom. The van der Waals surface area contributed by atoms with Crippen molar-refractivity contribution in [3.8, 4) is 0 Å². The molecule has 0 saturated heterocycles. The van der Waals surface area contributed by atoms with E-state index in [1.165, 1.54) is 161 Å². The van der Waals surface area contributed by atoms with Gasteiger partial charge in [-0.3, -0.25) is 4.79 Å². The van der Waals surface area contributed by atoms with Gasteiger partial charge in [-0.1, -0.05) is 206 Å². The third-order valence-corrected chi connectivity index (χ3v) is 9.48. The number of aliphatic hydroxyl groups is 3. The standard InChI is InChI=1S/C39H79NO4/c1-3-5-7-9-11-13-14-15-16-17-18-19-20-21-22-23-24-26-27-29-31-33-37(42)36(35-41)40-39(44)38(43)34-32-30-28-25-12-10-8-6-4-2/h36-38,41-43H,3-35H2,1-2H3,(H,40,44). The molecule has 0 aliphatic heterocycles. The Labute approximate surface area is 275 Å². The number of carbonyl (C=O) groups is 1. The minimum atomic E-state index is -1.06. The number of aliphatic hydroxyl groups excluding tert-OH is 3. The molecular formula is C39H79NO4. The van der Waals surface area contributed by atoms with Gasteiger partial charge in [0.15, 0.2) is 0 Å². The smallest absolute Gasteiger partial charge is 0.249 e. The van der Waals surface area contributed by atoms with Gasteiger partial charge in [-0.15, -0.1) is 0 Å². The maximum Gasteiger partial charge on any atom is 0.249 e. The number of amides is 1. The van der Waals surface area contributed by atoms with Crippen LogP contribution in [0.2, 0.25) is 0 Å². The third kappa shape index (κ3) is 30.0. The van der Waals surface area contributed by atoms with Crippen molar-refractivity contribution in [3.05, 3.63) is 0 Å². The quantitative estimate of drug-likeness (QED) is 0.0521. The summed E-state index contributed by atoms with van der Waals surface area (Å²) in [6.07, 6.45) is 38.2. The molecule has 5 heteroatoms. The molecule has 5 nitrogen and oxygen atoms in total. The number of hydrogen-bond acceptors (Lipinski definition) is 4. The van der Waals surface area contributed by atoms with Crippen molar-refractivity contribution in [2.75, 3.05) is 6.61 Å². The van der Waals surface area contributed by atoms with Crippen molar-refractivity contribution in [1.29, 1.82) is 0 Å². The number of hydrogen-bond donors (Lipinski definition) is 4. The molecule has 0 aromatic carbocycles. The molecule has 264 valence electrons. The monoisotopic (exact) mass is 626 g/mol. The molecule has 0 aliphatic carbocycles. The molecule has 0 rings (SSSR count). The van der Waals surface area contributed by atoms with Crippen LogP contribution in [0.1, 0.15) is 219 Å².